The quantitative estimate of drug-likeness (QED) is 0.909. The second kappa shape index (κ2) is 6.72. The lowest BCUT2D eigenvalue weighted by atomic mass is 9.81. The highest BCUT2D eigenvalue weighted by molar-refractivity contribution is 6.32. The number of aromatic nitrogens is 2. The number of hydrogen-bond donors (Lipinski definition) is 1. The van der Waals surface area contributed by atoms with Crippen molar-refractivity contribution in [3.05, 3.63) is 16.4 Å². The Hall–Kier alpha value is -0.870. The summed E-state index contributed by atoms with van der Waals surface area (Å²) in [5.74, 6) is 0.210. The van der Waals surface area contributed by atoms with Gasteiger partial charge in [-0.1, -0.05) is 31.4 Å². The van der Waals surface area contributed by atoms with Crippen LogP contribution in [-0.4, -0.2) is 21.6 Å². The first-order chi connectivity index (χ1) is 9.58. The van der Waals surface area contributed by atoms with Gasteiger partial charge in [0.1, 0.15) is 5.78 Å². The van der Waals surface area contributed by atoms with Crippen LogP contribution in [0, 0.1) is 5.92 Å². The van der Waals surface area contributed by atoms with E-state index in [1.54, 1.807) is 0 Å². The lowest BCUT2D eigenvalue weighted by molar-refractivity contribution is -0.123. The first-order valence-electron chi connectivity index (χ1n) is 7.60. The number of Topliss-reactive ketones (excluding diaryl/α,β-unsaturated/α-hetero) is 1. The monoisotopic (exact) mass is 297 g/mol. The second-order valence-corrected chi connectivity index (χ2v) is 5.95. The van der Waals surface area contributed by atoms with Gasteiger partial charge >= 0.3 is 0 Å². The summed E-state index contributed by atoms with van der Waals surface area (Å²) in [5.41, 5.74) is 7.83. The molecule has 0 radical (unpaired) electrons. The van der Waals surface area contributed by atoms with E-state index in [9.17, 15) is 4.79 Å². The highest BCUT2D eigenvalue weighted by Crippen LogP contribution is 2.27. The van der Waals surface area contributed by atoms with Gasteiger partial charge in [0.15, 0.2) is 0 Å². The van der Waals surface area contributed by atoms with Crippen LogP contribution in [0.3, 0.4) is 0 Å². The number of halogens is 1. The Morgan fingerprint density at radius 1 is 1.40 bits per heavy atom. The Bertz CT molecular complexity index is 484. The molecule has 0 saturated heterocycles. The van der Waals surface area contributed by atoms with Gasteiger partial charge in [0.2, 0.25) is 0 Å². The maximum absolute atomic E-state index is 12.5. The average molecular weight is 298 g/mol. The molecule has 2 unspecified atom stereocenters. The molecule has 0 amide bonds. The van der Waals surface area contributed by atoms with Crippen molar-refractivity contribution in [1.82, 2.24) is 9.78 Å². The molecule has 1 aliphatic rings. The third-order valence-corrected chi connectivity index (χ3v) is 4.71. The van der Waals surface area contributed by atoms with E-state index in [0.29, 0.717) is 11.4 Å². The molecule has 1 saturated carbocycles. The highest BCUT2D eigenvalue weighted by Gasteiger charge is 2.29. The van der Waals surface area contributed by atoms with E-state index in [1.165, 1.54) is 0 Å². The normalized spacial score (nSPS) is 23.0. The Morgan fingerprint density at radius 2 is 2.10 bits per heavy atom. The molecule has 5 heteroatoms. The Labute approximate surface area is 125 Å². The molecule has 1 aromatic rings. The van der Waals surface area contributed by atoms with E-state index in [0.717, 1.165) is 50.0 Å². The predicted molar refractivity (Wildman–Crippen MR) is 80.9 cm³/mol. The molecular weight excluding hydrogens is 274 g/mol. The first-order valence-corrected chi connectivity index (χ1v) is 7.98. The number of hydrogen-bond acceptors (Lipinski definition) is 3. The van der Waals surface area contributed by atoms with Crippen molar-refractivity contribution in [2.24, 2.45) is 11.7 Å². The van der Waals surface area contributed by atoms with Gasteiger partial charge in [-0.05, 0) is 26.2 Å². The molecule has 0 aromatic carbocycles. The van der Waals surface area contributed by atoms with Gasteiger partial charge < -0.3 is 5.73 Å². The molecule has 112 valence electrons. The van der Waals surface area contributed by atoms with Crippen LogP contribution in [-0.2, 0) is 24.2 Å². The van der Waals surface area contributed by atoms with Crippen molar-refractivity contribution in [3.63, 3.8) is 0 Å². The van der Waals surface area contributed by atoms with Crippen LogP contribution in [0.4, 0.5) is 0 Å². The molecule has 2 rings (SSSR count). The fourth-order valence-electron chi connectivity index (χ4n) is 3.04. The van der Waals surface area contributed by atoms with E-state index in [-0.39, 0.29) is 17.7 Å². The first kappa shape index (κ1) is 15.5. The van der Waals surface area contributed by atoms with E-state index >= 15 is 0 Å². The number of nitrogens with zero attached hydrogens (tertiary/aromatic N) is 2. The van der Waals surface area contributed by atoms with Crippen molar-refractivity contribution in [2.45, 2.75) is 65.0 Å². The van der Waals surface area contributed by atoms with Crippen LogP contribution in [0.25, 0.3) is 0 Å². The summed E-state index contributed by atoms with van der Waals surface area (Å²) in [5, 5.41) is 5.12. The van der Waals surface area contributed by atoms with Gasteiger partial charge in [-0.2, -0.15) is 5.10 Å². The van der Waals surface area contributed by atoms with Crippen molar-refractivity contribution in [1.29, 1.82) is 0 Å². The predicted octanol–water partition coefficient (Wildman–Crippen LogP) is 2.75. The van der Waals surface area contributed by atoms with Gasteiger partial charge in [0.25, 0.3) is 0 Å². The van der Waals surface area contributed by atoms with Crippen molar-refractivity contribution >= 4 is 17.4 Å². The molecule has 2 atom stereocenters. The molecule has 1 aliphatic carbocycles. The molecule has 1 heterocycles. The van der Waals surface area contributed by atoms with E-state index in [1.807, 2.05) is 18.5 Å². The summed E-state index contributed by atoms with van der Waals surface area (Å²) >= 11 is 6.36. The Kier molecular flexibility index (Phi) is 5.22. The molecule has 20 heavy (non-hydrogen) atoms. The summed E-state index contributed by atoms with van der Waals surface area (Å²) in [4.78, 5) is 12.5. The van der Waals surface area contributed by atoms with Gasteiger partial charge in [0, 0.05) is 18.5 Å². The summed E-state index contributed by atoms with van der Waals surface area (Å²) < 4.78 is 1.85. The van der Waals surface area contributed by atoms with Crippen LogP contribution in [0.5, 0.6) is 0 Å². The van der Waals surface area contributed by atoms with Crippen molar-refractivity contribution in [3.8, 4) is 0 Å². The van der Waals surface area contributed by atoms with Crippen LogP contribution in [0.1, 0.15) is 50.9 Å². The molecule has 2 N–H and O–H groups in total. The summed E-state index contributed by atoms with van der Waals surface area (Å²) in [6, 6.07) is 0.0127. The fraction of sp³-hybridized carbons (Fsp3) is 0.733. The smallest absolute Gasteiger partial charge is 0.143 e. The zero-order chi connectivity index (χ0) is 14.7. The maximum atomic E-state index is 12.5. The molecular formula is C15H24ClN3O. The third-order valence-electron chi connectivity index (χ3n) is 4.27. The molecule has 4 nitrogen and oxygen atoms in total. The number of aryl methyl sites for hydroxylation is 2. The van der Waals surface area contributed by atoms with Crippen LogP contribution >= 0.6 is 11.6 Å². The highest BCUT2D eigenvalue weighted by atomic mass is 35.5. The topological polar surface area (TPSA) is 60.9 Å². The number of carbonyl (C=O) groups is 1. The lowest BCUT2D eigenvalue weighted by Gasteiger charge is -2.27. The summed E-state index contributed by atoms with van der Waals surface area (Å²) in [6.07, 6.45) is 5.26. The number of ketones is 1. The van der Waals surface area contributed by atoms with Gasteiger partial charge in [-0.3, -0.25) is 9.48 Å². The Balaban J connectivity index is 2.16. The average Bonchev–Trinajstić information content (AvgIpc) is 2.75. The fourth-order valence-corrected chi connectivity index (χ4v) is 3.38. The number of nitrogens with two attached hydrogens (primary N) is 1. The zero-order valence-corrected chi connectivity index (χ0v) is 13.1. The SMILES string of the molecule is CCc1nn(CC)c(CC(=O)C2CCCCC2N)c1Cl. The van der Waals surface area contributed by atoms with Crippen LogP contribution < -0.4 is 5.73 Å². The number of rotatable bonds is 5. The van der Waals surface area contributed by atoms with Gasteiger partial charge in [-0.25, -0.2) is 0 Å². The van der Waals surface area contributed by atoms with Crippen LogP contribution in [0.15, 0.2) is 0 Å². The minimum absolute atomic E-state index is 0.00917. The minimum Gasteiger partial charge on any atom is -0.327 e. The summed E-state index contributed by atoms with van der Waals surface area (Å²) in [6.45, 7) is 4.78. The third kappa shape index (κ3) is 3.07. The van der Waals surface area contributed by atoms with Gasteiger partial charge in [0.05, 0.1) is 22.8 Å². The van der Waals surface area contributed by atoms with Crippen LogP contribution in [0.2, 0.25) is 5.02 Å². The zero-order valence-electron chi connectivity index (χ0n) is 12.4. The molecule has 1 aromatic heterocycles. The van der Waals surface area contributed by atoms with Crippen molar-refractivity contribution in [2.75, 3.05) is 0 Å². The molecule has 0 spiro atoms. The molecule has 0 bridgehead atoms. The molecule has 1 fully saturated rings. The van der Waals surface area contributed by atoms with E-state index < -0.39 is 0 Å². The number of carbonyl (C=O) groups excluding carboxylic acids is 1. The Morgan fingerprint density at radius 3 is 2.70 bits per heavy atom. The largest absolute Gasteiger partial charge is 0.327 e. The van der Waals surface area contributed by atoms with Gasteiger partial charge in [-0.15, -0.1) is 0 Å². The maximum Gasteiger partial charge on any atom is 0.143 e. The van der Waals surface area contributed by atoms with E-state index in [4.69, 9.17) is 17.3 Å². The second-order valence-electron chi connectivity index (χ2n) is 5.57. The molecule has 0 aliphatic heterocycles. The lowest BCUT2D eigenvalue weighted by Crippen LogP contribution is -2.39. The standard InChI is InChI=1S/C15H24ClN3O/c1-3-12-15(16)13(19(4-2)18-12)9-14(20)10-7-5-6-8-11(10)17/h10-11H,3-9,17H2,1-2H3. The summed E-state index contributed by atoms with van der Waals surface area (Å²) in [7, 11) is 0. The van der Waals surface area contributed by atoms with Crippen molar-refractivity contribution < 1.29 is 4.79 Å². The minimum atomic E-state index is -0.00917. The van der Waals surface area contributed by atoms with E-state index in [2.05, 4.69) is 5.10 Å².